The zero-order valence-corrected chi connectivity index (χ0v) is 14.3. The minimum Gasteiger partial charge on any atom is -0.355 e. The number of rotatable bonds is 6. The third kappa shape index (κ3) is 4.89. The number of hydrogen-bond acceptors (Lipinski definition) is 3. The molecule has 0 fully saturated rings. The molecule has 7 heteroatoms. The van der Waals surface area contributed by atoms with Crippen LogP contribution in [-0.2, 0) is 14.8 Å². The predicted molar refractivity (Wildman–Crippen MR) is 86.4 cm³/mol. The van der Waals surface area contributed by atoms with E-state index in [4.69, 9.17) is 11.6 Å². The second-order valence-corrected chi connectivity index (χ2v) is 7.35. The SMILES string of the molecule is CCCNC(=O)CN(c1c(C)cc(C)cc1Cl)S(C)(=O)=O. The number of carbonyl (C=O) groups is 1. The maximum Gasteiger partial charge on any atom is 0.240 e. The molecule has 1 aromatic rings. The van der Waals surface area contributed by atoms with Gasteiger partial charge in [0.2, 0.25) is 15.9 Å². The van der Waals surface area contributed by atoms with E-state index >= 15 is 0 Å². The van der Waals surface area contributed by atoms with E-state index in [2.05, 4.69) is 5.32 Å². The summed E-state index contributed by atoms with van der Waals surface area (Å²) in [5.41, 5.74) is 2.01. The number of halogens is 1. The highest BCUT2D eigenvalue weighted by Crippen LogP contribution is 2.32. The van der Waals surface area contributed by atoms with Gasteiger partial charge in [-0.1, -0.05) is 24.6 Å². The smallest absolute Gasteiger partial charge is 0.240 e. The average Bonchev–Trinajstić information content (AvgIpc) is 2.32. The Morgan fingerprint density at radius 3 is 2.43 bits per heavy atom. The van der Waals surface area contributed by atoms with E-state index < -0.39 is 10.0 Å². The number of hydrogen-bond donors (Lipinski definition) is 1. The summed E-state index contributed by atoms with van der Waals surface area (Å²) in [6.07, 6.45) is 1.85. The Bertz CT molecular complexity index is 606. The molecular weight excluding hydrogens is 312 g/mol. The van der Waals surface area contributed by atoms with Crippen molar-refractivity contribution in [2.75, 3.05) is 23.7 Å². The molecule has 0 heterocycles. The molecule has 0 bridgehead atoms. The monoisotopic (exact) mass is 332 g/mol. The van der Waals surface area contributed by atoms with Crippen molar-refractivity contribution >= 4 is 33.2 Å². The average molecular weight is 333 g/mol. The molecule has 0 aliphatic heterocycles. The standard InChI is InChI=1S/C14H21ClN2O3S/c1-5-6-16-13(18)9-17(21(4,19)20)14-11(3)7-10(2)8-12(14)15/h7-8H,5-6,9H2,1-4H3,(H,16,18). The summed E-state index contributed by atoms with van der Waals surface area (Å²) in [4.78, 5) is 11.9. The van der Waals surface area contributed by atoms with Crippen molar-refractivity contribution in [1.82, 2.24) is 5.32 Å². The topological polar surface area (TPSA) is 66.5 Å². The zero-order chi connectivity index (χ0) is 16.2. The fourth-order valence-corrected chi connectivity index (χ4v) is 3.44. The fraction of sp³-hybridized carbons (Fsp3) is 0.500. The van der Waals surface area contributed by atoms with Crippen LogP contribution in [0, 0.1) is 13.8 Å². The number of nitrogens with zero attached hydrogens (tertiary/aromatic N) is 1. The van der Waals surface area contributed by atoms with Gasteiger partial charge in [-0.3, -0.25) is 9.10 Å². The van der Waals surface area contributed by atoms with Crippen molar-refractivity contribution in [2.45, 2.75) is 27.2 Å². The fourth-order valence-electron chi connectivity index (χ4n) is 2.04. The van der Waals surface area contributed by atoms with Crippen LogP contribution >= 0.6 is 11.6 Å². The van der Waals surface area contributed by atoms with Gasteiger partial charge in [0.25, 0.3) is 0 Å². The predicted octanol–water partition coefficient (Wildman–Crippen LogP) is 2.25. The van der Waals surface area contributed by atoms with Crippen molar-refractivity contribution in [3.8, 4) is 0 Å². The zero-order valence-electron chi connectivity index (χ0n) is 12.7. The first-order chi connectivity index (χ1) is 9.66. The number of amides is 1. The molecule has 0 aliphatic carbocycles. The molecule has 1 N–H and O–H groups in total. The third-order valence-electron chi connectivity index (χ3n) is 2.91. The van der Waals surface area contributed by atoms with Crippen LogP contribution in [0.5, 0.6) is 0 Å². The lowest BCUT2D eigenvalue weighted by atomic mass is 10.1. The molecular formula is C14H21ClN2O3S. The largest absolute Gasteiger partial charge is 0.355 e. The van der Waals surface area contributed by atoms with Gasteiger partial charge in [0, 0.05) is 6.54 Å². The van der Waals surface area contributed by atoms with Crippen molar-refractivity contribution in [3.05, 3.63) is 28.3 Å². The first-order valence-corrected chi connectivity index (χ1v) is 8.90. The maximum atomic E-state index is 12.0. The van der Waals surface area contributed by atoms with E-state index in [1.165, 1.54) is 0 Å². The van der Waals surface area contributed by atoms with Gasteiger partial charge in [-0.2, -0.15) is 0 Å². The molecule has 0 saturated carbocycles. The Morgan fingerprint density at radius 2 is 1.95 bits per heavy atom. The van der Waals surface area contributed by atoms with Crippen LogP contribution < -0.4 is 9.62 Å². The van der Waals surface area contributed by atoms with E-state index in [0.717, 1.165) is 22.5 Å². The number of aryl methyl sites for hydroxylation is 2. The molecule has 0 unspecified atom stereocenters. The van der Waals surface area contributed by atoms with Crippen LogP contribution in [0.2, 0.25) is 5.02 Å². The van der Waals surface area contributed by atoms with E-state index in [-0.39, 0.29) is 12.5 Å². The molecule has 0 atom stereocenters. The van der Waals surface area contributed by atoms with E-state index in [9.17, 15) is 13.2 Å². The number of anilines is 1. The second-order valence-electron chi connectivity index (χ2n) is 5.03. The number of nitrogens with one attached hydrogen (secondary N) is 1. The first kappa shape index (κ1) is 17.8. The highest BCUT2D eigenvalue weighted by Gasteiger charge is 2.24. The molecule has 0 saturated heterocycles. The maximum absolute atomic E-state index is 12.0. The highest BCUT2D eigenvalue weighted by molar-refractivity contribution is 7.92. The molecule has 1 aromatic carbocycles. The van der Waals surface area contributed by atoms with E-state index in [0.29, 0.717) is 22.8 Å². The summed E-state index contributed by atoms with van der Waals surface area (Å²) in [6.45, 7) is 5.81. The molecule has 1 amide bonds. The molecule has 0 radical (unpaired) electrons. The van der Waals surface area contributed by atoms with Gasteiger partial charge < -0.3 is 5.32 Å². The van der Waals surface area contributed by atoms with Gasteiger partial charge in [-0.15, -0.1) is 0 Å². The Kier molecular flexibility index (Phi) is 6.04. The number of sulfonamides is 1. The Balaban J connectivity index is 3.19. The summed E-state index contributed by atoms with van der Waals surface area (Å²) in [5.74, 6) is -0.349. The van der Waals surface area contributed by atoms with Crippen molar-refractivity contribution in [3.63, 3.8) is 0 Å². The van der Waals surface area contributed by atoms with E-state index in [1.807, 2.05) is 19.9 Å². The lowest BCUT2D eigenvalue weighted by Gasteiger charge is -2.25. The minimum absolute atomic E-state index is 0.275. The van der Waals surface area contributed by atoms with Gasteiger partial charge in [0.15, 0.2) is 0 Å². The normalized spacial score (nSPS) is 11.3. The molecule has 0 aliphatic rings. The summed E-state index contributed by atoms with van der Waals surface area (Å²) in [5, 5.41) is 2.99. The van der Waals surface area contributed by atoms with Crippen LogP contribution in [0.15, 0.2) is 12.1 Å². The van der Waals surface area contributed by atoms with Crippen LogP contribution in [0.25, 0.3) is 0 Å². The van der Waals surface area contributed by atoms with Crippen LogP contribution in [0.1, 0.15) is 24.5 Å². The first-order valence-electron chi connectivity index (χ1n) is 6.68. The Labute approximate surface area is 131 Å². The summed E-state index contributed by atoms with van der Waals surface area (Å²) < 4.78 is 25.1. The molecule has 5 nitrogen and oxygen atoms in total. The Hall–Kier alpha value is -1.27. The number of carbonyl (C=O) groups excluding carboxylic acids is 1. The van der Waals surface area contributed by atoms with Gasteiger partial charge in [0.05, 0.1) is 17.0 Å². The van der Waals surface area contributed by atoms with Crippen LogP contribution in [0.4, 0.5) is 5.69 Å². The Morgan fingerprint density at radius 1 is 1.33 bits per heavy atom. The van der Waals surface area contributed by atoms with Crippen molar-refractivity contribution in [2.24, 2.45) is 0 Å². The quantitative estimate of drug-likeness (QED) is 0.868. The highest BCUT2D eigenvalue weighted by atomic mass is 35.5. The minimum atomic E-state index is -3.61. The van der Waals surface area contributed by atoms with Crippen molar-refractivity contribution in [1.29, 1.82) is 0 Å². The lowest BCUT2D eigenvalue weighted by molar-refractivity contribution is -0.119. The summed E-state index contributed by atoms with van der Waals surface area (Å²) >= 11 is 6.19. The summed E-state index contributed by atoms with van der Waals surface area (Å²) in [6, 6.07) is 3.52. The van der Waals surface area contributed by atoms with Gasteiger partial charge in [0.1, 0.15) is 6.54 Å². The van der Waals surface area contributed by atoms with Gasteiger partial charge in [-0.05, 0) is 37.5 Å². The molecule has 21 heavy (non-hydrogen) atoms. The second kappa shape index (κ2) is 7.13. The lowest BCUT2D eigenvalue weighted by Crippen LogP contribution is -2.41. The van der Waals surface area contributed by atoms with Crippen LogP contribution in [-0.4, -0.2) is 33.7 Å². The third-order valence-corrected chi connectivity index (χ3v) is 4.31. The molecule has 118 valence electrons. The summed E-state index contributed by atoms with van der Waals surface area (Å²) in [7, 11) is -3.61. The molecule has 1 rings (SSSR count). The van der Waals surface area contributed by atoms with Gasteiger partial charge >= 0.3 is 0 Å². The molecule has 0 aromatic heterocycles. The van der Waals surface area contributed by atoms with Crippen molar-refractivity contribution < 1.29 is 13.2 Å². The van der Waals surface area contributed by atoms with Crippen LogP contribution in [0.3, 0.4) is 0 Å². The molecule has 0 spiro atoms. The van der Waals surface area contributed by atoms with E-state index in [1.54, 1.807) is 13.0 Å². The number of benzene rings is 1. The van der Waals surface area contributed by atoms with Gasteiger partial charge in [-0.25, -0.2) is 8.42 Å².